The molecule has 0 aromatic rings. The van der Waals surface area contributed by atoms with E-state index in [2.05, 4.69) is 0 Å². The van der Waals surface area contributed by atoms with Crippen molar-refractivity contribution in [2.75, 3.05) is 7.11 Å². The first kappa shape index (κ1) is 8.52. The number of ether oxygens (including phenoxy) is 1. The van der Waals surface area contributed by atoms with Crippen LogP contribution in [-0.2, 0) is 9.53 Å². The molecule has 2 fully saturated rings. The number of Topliss-reactive ketones (excluding diaryl/α,β-unsaturated/α-hetero) is 1. The Morgan fingerprint density at radius 2 is 2.33 bits per heavy atom. The molecule has 0 aliphatic heterocycles. The molecular weight excluding hydrogens is 176 g/mol. The van der Waals surface area contributed by atoms with Crippen molar-refractivity contribution < 1.29 is 9.53 Å². The van der Waals surface area contributed by atoms with Gasteiger partial charge in [-0.05, 0) is 12.8 Å². The lowest BCUT2D eigenvalue weighted by atomic mass is 9.60. The van der Waals surface area contributed by atoms with Crippen molar-refractivity contribution in [2.45, 2.75) is 36.7 Å². The van der Waals surface area contributed by atoms with Gasteiger partial charge < -0.3 is 4.74 Å². The van der Waals surface area contributed by atoms with Crippen LogP contribution in [0.25, 0.3) is 0 Å². The molecular formula is C9H13ClO2. The molecule has 3 heteroatoms. The molecule has 68 valence electrons. The fourth-order valence-electron chi connectivity index (χ4n) is 2.53. The summed E-state index contributed by atoms with van der Waals surface area (Å²) in [6, 6.07) is 0. The van der Waals surface area contributed by atoms with Crippen LogP contribution in [-0.4, -0.2) is 23.9 Å². The molecule has 0 bridgehead atoms. The highest BCUT2D eigenvalue weighted by atomic mass is 35.5. The lowest BCUT2D eigenvalue weighted by Crippen LogP contribution is -2.66. The largest absolute Gasteiger partial charge is 0.370 e. The van der Waals surface area contributed by atoms with Crippen LogP contribution < -0.4 is 0 Å². The van der Waals surface area contributed by atoms with Gasteiger partial charge in [0.15, 0.2) is 5.78 Å². The summed E-state index contributed by atoms with van der Waals surface area (Å²) in [6.07, 6.45) is 4.20. The first-order chi connectivity index (χ1) is 5.72. The van der Waals surface area contributed by atoms with Crippen LogP contribution >= 0.6 is 11.6 Å². The lowest BCUT2D eigenvalue weighted by Gasteiger charge is -2.52. The Morgan fingerprint density at radius 1 is 1.58 bits per heavy atom. The number of hydrogen-bond acceptors (Lipinski definition) is 2. The summed E-state index contributed by atoms with van der Waals surface area (Å²) in [6.45, 7) is 0. The summed E-state index contributed by atoms with van der Waals surface area (Å²) in [5.41, 5.74) is -0.481. The summed E-state index contributed by atoms with van der Waals surface area (Å²) in [5, 5.41) is -0.273. The predicted octanol–water partition coefficient (Wildman–Crippen LogP) is 1.75. The number of fused-ring (bicyclic) bond motifs is 1. The highest BCUT2D eigenvalue weighted by Gasteiger charge is 2.62. The molecule has 3 atom stereocenters. The Bertz CT molecular complexity index is 217. The second kappa shape index (κ2) is 2.71. The number of methoxy groups -OCH3 is 1. The Morgan fingerprint density at radius 3 is 2.92 bits per heavy atom. The van der Waals surface area contributed by atoms with Crippen LogP contribution in [0.1, 0.15) is 25.7 Å². The van der Waals surface area contributed by atoms with Crippen molar-refractivity contribution in [3.05, 3.63) is 0 Å². The minimum Gasteiger partial charge on any atom is -0.370 e. The van der Waals surface area contributed by atoms with E-state index >= 15 is 0 Å². The third kappa shape index (κ3) is 0.826. The van der Waals surface area contributed by atoms with E-state index < -0.39 is 5.60 Å². The van der Waals surface area contributed by atoms with Gasteiger partial charge in [0.1, 0.15) is 11.0 Å². The number of alkyl halides is 1. The highest BCUT2D eigenvalue weighted by molar-refractivity contribution is 6.35. The fourth-order valence-corrected chi connectivity index (χ4v) is 3.05. The van der Waals surface area contributed by atoms with E-state index in [1.807, 2.05) is 0 Å². The SMILES string of the molecule is COC12CCCCC1C(Cl)C2=O. The average molecular weight is 189 g/mol. The summed E-state index contributed by atoms with van der Waals surface area (Å²) in [7, 11) is 1.62. The van der Waals surface area contributed by atoms with Crippen molar-refractivity contribution in [1.82, 2.24) is 0 Å². The number of halogens is 1. The van der Waals surface area contributed by atoms with Crippen LogP contribution in [0.15, 0.2) is 0 Å². The quantitative estimate of drug-likeness (QED) is 0.587. The van der Waals surface area contributed by atoms with Gasteiger partial charge in [-0.15, -0.1) is 11.6 Å². The second-order valence-corrected chi connectivity index (χ2v) is 4.18. The summed E-state index contributed by atoms with van der Waals surface area (Å²) in [4.78, 5) is 11.5. The summed E-state index contributed by atoms with van der Waals surface area (Å²) >= 11 is 5.91. The zero-order valence-corrected chi connectivity index (χ0v) is 7.93. The van der Waals surface area contributed by atoms with Gasteiger partial charge >= 0.3 is 0 Å². The maximum Gasteiger partial charge on any atom is 0.183 e. The van der Waals surface area contributed by atoms with E-state index in [0.717, 1.165) is 19.3 Å². The van der Waals surface area contributed by atoms with Crippen molar-refractivity contribution in [2.24, 2.45) is 5.92 Å². The van der Waals surface area contributed by atoms with Crippen LogP contribution in [0.3, 0.4) is 0 Å². The van der Waals surface area contributed by atoms with Crippen LogP contribution in [0, 0.1) is 5.92 Å². The molecule has 0 aromatic carbocycles. The minimum absolute atomic E-state index is 0.108. The Balaban J connectivity index is 2.21. The van der Waals surface area contributed by atoms with Crippen LogP contribution in [0.5, 0.6) is 0 Å². The topological polar surface area (TPSA) is 26.3 Å². The zero-order chi connectivity index (χ0) is 8.77. The molecule has 2 rings (SSSR count). The van der Waals surface area contributed by atoms with Crippen LogP contribution in [0.2, 0.25) is 0 Å². The number of carbonyl (C=O) groups is 1. The van der Waals surface area contributed by atoms with Crippen molar-refractivity contribution in [1.29, 1.82) is 0 Å². The van der Waals surface area contributed by atoms with Crippen molar-refractivity contribution in [3.8, 4) is 0 Å². The first-order valence-electron chi connectivity index (χ1n) is 4.46. The summed E-state index contributed by atoms with van der Waals surface area (Å²) < 4.78 is 5.33. The van der Waals surface area contributed by atoms with E-state index in [9.17, 15) is 4.79 Å². The smallest absolute Gasteiger partial charge is 0.183 e. The molecule has 0 saturated heterocycles. The predicted molar refractivity (Wildman–Crippen MR) is 46.3 cm³/mol. The third-order valence-electron chi connectivity index (χ3n) is 3.30. The number of hydrogen-bond donors (Lipinski definition) is 0. The van der Waals surface area contributed by atoms with Gasteiger partial charge in [-0.3, -0.25) is 4.79 Å². The maximum absolute atomic E-state index is 11.5. The molecule has 2 aliphatic carbocycles. The van der Waals surface area contributed by atoms with Gasteiger partial charge in [0.2, 0.25) is 0 Å². The number of ketones is 1. The van der Waals surface area contributed by atoms with E-state index in [4.69, 9.17) is 16.3 Å². The number of carbonyl (C=O) groups excluding carboxylic acids is 1. The van der Waals surface area contributed by atoms with Gasteiger partial charge in [0.05, 0.1) is 0 Å². The molecule has 0 heterocycles. The average Bonchev–Trinajstić information content (AvgIpc) is 2.15. The maximum atomic E-state index is 11.5. The van der Waals surface area contributed by atoms with Crippen LogP contribution in [0.4, 0.5) is 0 Å². The van der Waals surface area contributed by atoms with Crippen molar-refractivity contribution >= 4 is 17.4 Å². The molecule has 0 N–H and O–H groups in total. The highest BCUT2D eigenvalue weighted by Crippen LogP contribution is 2.50. The zero-order valence-electron chi connectivity index (χ0n) is 7.18. The van der Waals surface area contributed by atoms with Gasteiger partial charge in [0, 0.05) is 13.0 Å². The summed E-state index contributed by atoms with van der Waals surface area (Å²) in [5.74, 6) is 0.391. The third-order valence-corrected chi connectivity index (χ3v) is 3.80. The Hall–Kier alpha value is -0.0800. The van der Waals surface area contributed by atoms with Gasteiger partial charge in [-0.25, -0.2) is 0 Å². The monoisotopic (exact) mass is 188 g/mol. The molecule has 2 nitrogen and oxygen atoms in total. The standard InChI is InChI=1S/C9H13ClO2/c1-12-9-5-3-2-4-6(9)7(10)8(9)11/h6-7H,2-5H2,1H3. The molecule has 0 aromatic heterocycles. The van der Waals surface area contributed by atoms with E-state index in [1.54, 1.807) is 7.11 Å². The van der Waals surface area contributed by atoms with Gasteiger partial charge in [-0.1, -0.05) is 12.8 Å². The van der Waals surface area contributed by atoms with Gasteiger partial charge in [-0.2, -0.15) is 0 Å². The molecule has 0 amide bonds. The number of rotatable bonds is 1. The van der Waals surface area contributed by atoms with Gasteiger partial charge in [0.25, 0.3) is 0 Å². The molecule has 0 spiro atoms. The normalized spacial score (nSPS) is 46.7. The molecule has 0 radical (unpaired) electrons. The van der Waals surface area contributed by atoms with E-state index in [-0.39, 0.29) is 17.1 Å². The second-order valence-electron chi connectivity index (χ2n) is 3.71. The fraction of sp³-hybridized carbons (Fsp3) is 0.889. The molecule has 3 unspecified atom stereocenters. The minimum atomic E-state index is -0.481. The lowest BCUT2D eigenvalue weighted by molar-refractivity contribution is -0.175. The molecule has 2 saturated carbocycles. The first-order valence-corrected chi connectivity index (χ1v) is 4.89. The van der Waals surface area contributed by atoms with Crippen molar-refractivity contribution in [3.63, 3.8) is 0 Å². The Labute approximate surface area is 77.2 Å². The molecule has 12 heavy (non-hydrogen) atoms. The molecule has 2 aliphatic rings. The van der Waals surface area contributed by atoms with E-state index in [0.29, 0.717) is 0 Å². The Kier molecular flexibility index (Phi) is 1.92. The van der Waals surface area contributed by atoms with E-state index in [1.165, 1.54) is 6.42 Å².